The minimum atomic E-state index is -1.49. The molecular weight excluding hydrogens is 260 g/mol. The van der Waals surface area contributed by atoms with E-state index >= 15 is 0 Å². The molecule has 110 valence electrons. The van der Waals surface area contributed by atoms with Crippen LogP contribution in [-0.2, 0) is 19.0 Å². The number of aliphatic hydroxyl groups is 4. The molecule has 0 aromatic rings. The first kappa shape index (κ1) is 16.0. The normalized spacial score (nSPS) is 34.8. The third-order valence-corrected chi connectivity index (χ3v) is 2.62. The fourth-order valence-corrected chi connectivity index (χ4v) is 1.57. The molecule has 0 radical (unpaired) electrons. The highest BCUT2D eigenvalue weighted by atomic mass is 16.7. The second-order valence-corrected chi connectivity index (χ2v) is 3.94. The van der Waals surface area contributed by atoms with E-state index in [9.17, 15) is 20.1 Å². The Balaban J connectivity index is 2.39. The Morgan fingerprint density at radius 3 is 2.47 bits per heavy atom. The molecule has 0 aromatic carbocycles. The quantitative estimate of drug-likeness (QED) is 0.239. The summed E-state index contributed by atoms with van der Waals surface area (Å²) in [6.45, 7) is 2.52. The van der Waals surface area contributed by atoms with Gasteiger partial charge < -0.3 is 34.6 Å². The zero-order valence-electron chi connectivity index (χ0n) is 10.2. The van der Waals surface area contributed by atoms with Gasteiger partial charge in [0.2, 0.25) is 0 Å². The zero-order valence-corrected chi connectivity index (χ0v) is 10.2. The van der Waals surface area contributed by atoms with Gasteiger partial charge in [-0.15, -0.1) is 0 Å². The summed E-state index contributed by atoms with van der Waals surface area (Å²) in [5.41, 5.74) is 0. The molecule has 8 nitrogen and oxygen atoms in total. The Kier molecular flexibility index (Phi) is 6.35. The minimum Gasteiger partial charge on any atom is -0.460 e. The number of carbonyl (C=O) groups excluding carboxylic acids is 1. The largest absolute Gasteiger partial charge is 0.460 e. The molecular formula is C11H18O8. The number of hydrogen-bond donors (Lipinski definition) is 4. The van der Waals surface area contributed by atoms with E-state index in [1.54, 1.807) is 0 Å². The van der Waals surface area contributed by atoms with Crippen molar-refractivity contribution in [3.8, 4) is 0 Å². The first-order chi connectivity index (χ1) is 9.01. The van der Waals surface area contributed by atoms with Gasteiger partial charge in [-0.2, -0.15) is 0 Å². The Morgan fingerprint density at radius 2 is 1.89 bits per heavy atom. The molecule has 0 aromatic heterocycles. The monoisotopic (exact) mass is 278 g/mol. The van der Waals surface area contributed by atoms with Crippen LogP contribution in [0, 0.1) is 0 Å². The number of ether oxygens (including phenoxy) is 3. The molecule has 4 N–H and O–H groups in total. The highest BCUT2D eigenvalue weighted by Crippen LogP contribution is 2.21. The number of hydrogen-bond acceptors (Lipinski definition) is 8. The fraction of sp³-hybridized carbons (Fsp3) is 0.727. The van der Waals surface area contributed by atoms with E-state index in [0.717, 1.165) is 6.08 Å². The molecule has 1 saturated heterocycles. The number of esters is 1. The lowest BCUT2D eigenvalue weighted by atomic mass is 9.99. The van der Waals surface area contributed by atoms with Crippen LogP contribution in [0.5, 0.6) is 0 Å². The molecule has 1 unspecified atom stereocenters. The fourth-order valence-electron chi connectivity index (χ4n) is 1.57. The summed E-state index contributed by atoms with van der Waals surface area (Å²) < 4.78 is 14.8. The molecule has 0 bridgehead atoms. The predicted molar refractivity (Wildman–Crippen MR) is 60.9 cm³/mol. The van der Waals surface area contributed by atoms with Crippen LogP contribution in [0.2, 0.25) is 0 Å². The van der Waals surface area contributed by atoms with E-state index in [1.807, 2.05) is 0 Å². The van der Waals surface area contributed by atoms with Gasteiger partial charge in [-0.3, -0.25) is 0 Å². The van der Waals surface area contributed by atoms with Crippen LogP contribution in [0.3, 0.4) is 0 Å². The average molecular weight is 278 g/mol. The molecule has 5 atom stereocenters. The van der Waals surface area contributed by atoms with Gasteiger partial charge in [0.1, 0.15) is 31.0 Å². The van der Waals surface area contributed by atoms with E-state index in [-0.39, 0.29) is 13.2 Å². The van der Waals surface area contributed by atoms with E-state index in [4.69, 9.17) is 14.6 Å². The highest BCUT2D eigenvalue weighted by molar-refractivity contribution is 5.81. The van der Waals surface area contributed by atoms with Crippen LogP contribution in [0.4, 0.5) is 0 Å². The van der Waals surface area contributed by atoms with Crippen LogP contribution in [-0.4, -0.2) is 76.9 Å². The Hall–Kier alpha value is -1.03. The Labute approximate surface area is 109 Å². The number of rotatable bonds is 6. The zero-order chi connectivity index (χ0) is 14.4. The van der Waals surface area contributed by atoms with Gasteiger partial charge in [0.15, 0.2) is 6.29 Å². The number of carbonyl (C=O) groups is 1. The summed E-state index contributed by atoms with van der Waals surface area (Å²) >= 11 is 0. The molecule has 8 heteroatoms. The van der Waals surface area contributed by atoms with Crippen LogP contribution in [0.1, 0.15) is 0 Å². The van der Waals surface area contributed by atoms with Gasteiger partial charge in [0.05, 0.1) is 13.2 Å². The van der Waals surface area contributed by atoms with E-state index in [2.05, 4.69) is 11.3 Å². The van der Waals surface area contributed by atoms with Crippen molar-refractivity contribution in [2.75, 3.05) is 19.8 Å². The van der Waals surface area contributed by atoms with Gasteiger partial charge >= 0.3 is 5.97 Å². The molecule has 0 aliphatic carbocycles. The maximum Gasteiger partial charge on any atom is 0.330 e. The topological polar surface area (TPSA) is 126 Å². The van der Waals surface area contributed by atoms with Gasteiger partial charge in [-0.05, 0) is 0 Å². The van der Waals surface area contributed by atoms with E-state index < -0.39 is 43.3 Å². The molecule has 0 saturated carbocycles. The molecule has 19 heavy (non-hydrogen) atoms. The minimum absolute atomic E-state index is 0.0811. The van der Waals surface area contributed by atoms with E-state index in [1.165, 1.54) is 0 Å². The maximum atomic E-state index is 10.7. The highest BCUT2D eigenvalue weighted by Gasteiger charge is 2.43. The van der Waals surface area contributed by atoms with Crippen molar-refractivity contribution in [1.29, 1.82) is 0 Å². The third kappa shape index (κ3) is 4.23. The van der Waals surface area contributed by atoms with Crippen molar-refractivity contribution >= 4 is 5.97 Å². The third-order valence-electron chi connectivity index (χ3n) is 2.62. The lowest BCUT2D eigenvalue weighted by molar-refractivity contribution is -0.302. The lowest BCUT2D eigenvalue weighted by Crippen LogP contribution is -2.59. The SMILES string of the molecule is C=CC(=O)OCCOC1O[C@H](CO)[C@@H](O)[C@H](O)[C@@H]1O. The summed E-state index contributed by atoms with van der Waals surface area (Å²) in [7, 11) is 0. The van der Waals surface area contributed by atoms with Crippen molar-refractivity contribution < 1.29 is 39.4 Å². The smallest absolute Gasteiger partial charge is 0.330 e. The van der Waals surface area contributed by atoms with E-state index in [0.29, 0.717) is 0 Å². The van der Waals surface area contributed by atoms with Crippen molar-refractivity contribution in [2.24, 2.45) is 0 Å². The standard InChI is InChI=1S/C11H18O8/c1-2-7(13)17-3-4-18-11-10(16)9(15)8(14)6(5-12)19-11/h2,6,8-12,14-16H,1,3-5H2/t6-,8-,9+,10+,11?/m1/s1. The maximum absolute atomic E-state index is 10.7. The second-order valence-electron chi connectivity index (χ2n) is 3.94. The Morgan fingerprint density at radius 1 is 1.21 bits per heavy atom. The predicted octanol–water partition coefficient (Wildman–Crippen LogP) is -2.47. The Bertz CT molecular complexity index is 305. The lowest BCUT2D eigenvalue weighted by Gasteiger charge is -2.39. The van der Waals surface area contributed by atoms with Crippen LogP contribution >= 0.6 is 0 Å². The van der Waals surface area contributed by atoms with Crippen molar-refractivity contribution in [3.05, 3.63) is 12.7 Å². The molecule has 0 amide bonds. The van der Waals surface area contributed by atoms with Crippen molar-refractivity contribution in [3.63, 3.8) is 0 Å². The first-order valence-corrected chi connectivity index (χ1v) is 5.72. The summed E-state index contributed by atoms with van der Waals surface area (Å²) in [6, 6.07) is 0. The second kappa shape index (κ2) is 7.53. The van der Waals surface area contributed by atoms with Crippen molar-refractivity contribution in [1.82, 2.24) is 0 Å². The summed E-state index contributed by atoms with van der Waals surface area (Å²) in [5.74, 6) is -0.614. The molecule has 1 aliphatic rings. The van der Waals surface area contributed by atoms with Crippen LogP contribution in [0.15, 0.2) is 12.7 Å². The summed E-state index contributed by atoms with van der Waals surface area (Å²) in [4.78, 5) is 10.7. The summed E-state index contributed by atoms with van der Waals surface area (Å²) in [5, 5.41) is 37.6. The van der Waals surface area contributed by atoms with Crippen molar-refractivity contribution in [2.45, 2.75) is 30.7 Å². The number of aliphatic hydroxyl groups excluding tert-OH is 4. The molecule has 1 heterocycles. The van der Waals surface area contributed by atoms with Crippen LogP contribution < -0.4 is 0 Å². The van der Waals surface area contributed by atoms with Gasteiger partial charge in [-0.1, -0.05) is 6.58 Å². The van der Waals surface area contributed by atoms with Crippen LogP contribution in [0.25, 0.3) is 0 Å². The van der Waals surface area contributed by atoms with Gasteiger partial charge in [0.25, 0.3) is 0 Å². The molecule has 0 spiro atoms. The first-order valence-electron chi connectivity index (χ1n) is 5.72. The average Bonchev–Trinajstić information content (AvgIpc) is 2.42. The van der Waals surface area contributed by atoms with Gasteiger partial charge in [-0.25, -0.2) is 4.79 Å². The molecule has 1 aliphatic heterocycles. The summed E-state index contributed by atoms with van der Waals surface area (Å²) in [6.07, 6.45) is -5.65. The molecule has 1 fully saturated rings. The van der Waals surface area contributed by atoms with Gasteiger partial charge in [0, 0.05) is 6.08 Å². The molecule has 1 rings (SSSR count).